The van der Waals surface area contributed by atoms with Gasteiger partial charge >= 0.3 is 0 Å². The van der Waals surface area contributed by atoms with E-state index in [1.54, 1.807) is 6.08 Å². The topological polar surface area (TPSA) is 9.23 Å². The highest BCUT2D eigenvalue weighted by Crippen LogP contribution is 1.97. The minimum Gasteiger partial charge on any atom is -0.494 e. The van der Waals surface area contributed by atoms with E-state index in [9.17, 15) is 0 Å². The predicted molar refractivity (Wildman–Crippen MR) is 49.3 cm³/mol. The first-order valence-electron chi connectivity index (χ1n) is 3.72. The average molecular weight is 152 g/mol. The third-order valence-electron chi connectivity index (χ3n) is 1.16. The van der Waals surface area contributed by atoms with Gasteiger partial charge < -0.3 is 4.74 Å². The second-order valence-electron chi connectivity index (χ2n) is 2.61. The van der Waals surface area contributed by atoms with Gasteiger partial charge in [-0.25, -0.2) is 0 Å². The van der Waals surface area contributed by atoms with Gasteiger partial charge in [0.15, 0.2) is 0 Å². The van der Waals surface area contributed by atoms with Crippen molar-refractivity contribution in [2.75, 3.05) is 6.61 Å². The Morgan fingerprint density at radius 3 is 2.45 bits per heavy atom. The van der Waals surface area contributed by atoms with Crippen molar-refractivity contribution in [3.8, 4) is 0 Å². The molecule has 0 heterocycles. The molecule has 0 radical (unpaired) electrons. The van der Waals surface area contributed by atoms with Crippen molar-refractivity contribution in [2.45, 2.75) is 20.8 Å². The lowest BCUT2D eigenvalue weighted by Crippen LogP contribution is -1.88. The monoisotopic (exact) mass is 152 g/mol. The van der Waals surface area contributed by atoms with Crippen LogP contribution in [0.3, 0.4) is 0 Å². The molecule has 1 heteroatoms. The second kappa shape index (κ2) is 5.78. The van der Waals surface area contributed by atoms with Gasteiger partial charge in [-0.05, 0) is 32.9 Å². The Labute approximate surface area is 69.1 Å². The number of allylic oxidation sites excluding steroid dienone is 4. The molecular formula is C10H16O. The lowest BCUT2D eigenvalue weighted by Gasteiger charge is -2.01. The molecule has 0 saturated heterocycles. The standard InChI is InChI=1S/C10H16O/c1-5-6-10(4)11-8-7-9(2)3/h5-7H,1,8H2,2-4H3. The fraction of sp³-hybridized carbons (Fsp3) is 0.400. The minimum absolute atomic E-state index is 0.651. The van der Waals surface area contributed by atoms with Crippen molar-refractivity contribution < 1.29 is 4.74 Å². The van der Waals surface area contributed by atoms with Crippen LogP contribution in [0.15, 0.2) is 36.1 Å². The zero-order chi connectivity index (χ0) is 8.69. The summed E-state index contributed by atoms with van der Waals surface area (Å²) in [6.07, 6.45) is 5.61. The molecule has 11 heavy (non-hydrogen) atoms. The van der Waals surface area contributed by atoms with Crippen LogP contribution < -0.4 is 0 Å². The van der Waals surface area contributed by atoms with E-state index in [1.807, 2.05) is 19.1 Å². The quantitative estimate of drug-likeness (QED) is 0.342. The Hall–Kier alpha value is -0.980. The van der Waals surface area contributed by atoms with Crippen LogP contribution in [0, 0.1) is 0 Å². The molecular weight excluding hydrogens is 136 g/mol. The summed E-state index contributed by atoms with van der Waals surface area (Å²) >= 11 is 0. The molecule has 0 amide bonds. The highest BCUT2D eigenvalue weighted by atomic mass is 16.5. The summed E-state index contributed by atoms with van der Waals surface area (Å²) in [4.78, 5) is 0. The third kappa shape index (κ3) is 6.91. The summed E-state index contributed by atoms with van der Waals surface area (Å²) < 4.78 is 5.31. The van der Waals surface area contributed by atoms with Gasteiger partial charge in [-0.15, -0.1) is 0 Å². The zero-order valence-corrected chi connectivity index (χ0v) is 7.55. The summed E-state index contributed by atoms with van der Waals surface area (Å²) in [5.41, 5.74) is 1.27. The fourth-order valence-corrected chi connectivity index (χ4v) is 0.554. The third-order valence-corrected chi connectivity index (χ3v) is 1.16. The first-order chi connectivity index (χ1) is 5.16. The summed E-state index contributed by atoms with van der Waals surface area (Å²) in [6.45, 7) is 10.2. The molecule has 0 aliphatic heterocycles. The molecule has 0 aromatic heterocycles. The Kier molecular flexibility index (Phi) is 5.26. The number of hydrogen-bond donors (Lipinski definition) is 0. The molecule has 0 aromatic rings. The molecule has 0 atom stereocenters. The molecule has 0 unspecified atom stereocenters. The van der Waals surface area contributed by atoms with Gasteiger partial charge in [0.1, 0.15) is 6.61 Å². The maximum absolute atomic E-state index is 5.31. The van der Waals surface area contributed by atoms with Gasteiger partial charge in [-0.2, -0.15) is 0 Å². The van der Waals surface area contributed by atoms with Crippen LogP contribution in [0.25, 0.3) is 0 Å². The maximum Gasteiger partial charge on any atom is 0.106 e. The lowest BCUT2D eigenvalue weighted by atomic mass is 10.3. The molecule has 0 bridgehead atoms. The van der Waals surface area contributed by atoms with Crippen molar-refractivity contribution in [3.63, 3.8) is 0 Å². The Morgan fingerprint density at radius 1 is 1.36 bits per heavy atom. The van der Waals surface area contributed by atoms with E-state index in [1.165, 1.54) is 5.57 Å². The van der Waals surface area contributed by atoms with Crippen LogP contribution >= 0.6 is 0 Å². The molecule has 0 spiro atoms. The predicted octanol–water partition coefficient (Wildman–Crippen LogP) is 3.06. The maximum atomic E-state index is 5.31. The van der Waals surface area contributed by atoms with E-state index in [2.05, 4.69) is 20.4 Å². The summed E-state index contributed by atoms with van der Waals surface area (Å²) in [5, 5.41) is 0. The van der Waals surface area contributed by atoms with Crippen molar-refractivity contribution in [1.82, 2.24) is 0 Å². The SMILES string of the molecule is C=CC=C(C)OCC=C(C)C. The van der Waals surface area contributed by atoms with E-state index in [4.69, 9.17) is 4.74 Å². The van der Waals surface area contributed by atoms with Crippen LogP contribution in [0.4, 0.5) is 0 Å². The highest BCUT2D eigenvalue weighted by Gasteiger charge is 1.84. The largest absolute Gasteiger partial charge is 0.494 e. The van der Waals surface area contributed by atoms with Gasteiger partial charge in [0, 0.05) is 0 Å². The second-order valence-corrected chi connectivity index (χ2v) is 2.61. The molecule has 0 fully saturated rings. The first kappa shape index (κ1) is 10.0. The lowest BCUT2D eigenvalue weighted by molar-refractivity contribution is 0.249. The molecule has 62 valence electrons. The smallest absolute Gasteiger partial charge is 0.106 e. The number of hydrogen-bond acceptors (Lipinski definition) is 1. The van der Waals surface area contributed by atoms with Crippen molar-refractivity contribution in [1.29, 1.82) is 0 Å². The van der Waals surface area contributed by atoms with E-state index < -0.39 is 0 Å². The van der Waals surface area contributed by atoms with E-state index in [0.29, 0.717) is 6.61 Å². The van der Waals surface area contributed by atoms with E-state index >= 15 is 0 Å². The molecule has 0 aliphatic carbocycles. The van der Waals surface area contributed by atoms with Gasteiger partial charge in [0.2, 0.25) is 0 Å². The molecule has 0 saturated carbocycles. The Bertz CT molecular complexity index is 171. The van der Waals surface area contributed by atoms with Crippen molar-refractivity contribution in [2.24, 2.45) is 0 Å². The van der Waals surface area contributed by atoms with E-state index in [0.717, 1.165) is 5.76 Å². The molecule has 1 nitrogen and oxygen atoms in total. The molecule has 0 rings (SSSR count). The van der Waals surface area contributed by atoms with E-state index in [-0.39, 0.29) is 0 Å². The van der Waals surface area contributed by atoms with Crippen molar-refractivity contribution in [3.05, 3.63) is 36.1 Å². The zero-order valence-electron chi connectivity index (χ0n) is 7.55. The van der Waals surface area contributed by atoms with Crippen LogP contribution in [0.1, 0.15) is 20.8 Å². The van der Waals surface area contributed by atoms with Crippen LogP contribution in [-0.2, 0) is 4.74 Å². The molecule has 0 aliphatic rings. The van der Waals surface area contributed by atoms with Gasteiger partial charge in [-0.1, -0.05) is 18.2 Å². The normalized spacial score (nSPS) is 10.6. The van der Waals surface area contributed by atoms with Crippen LogP contribution in [0.5, 0.6) is 0 Å². The average Bonchev–Trinajstić information content (AvgIpc) is 1.87. The molecule has 0 aromatic carbocycles. The number of ether oxygens (including phenoxy) is 1. The number of rotatable bonds is 4. The summed E-state index contributed by atoms with van der Waals surface area (Å²) in [7, 11) is 0. The van der Waals surface area contributed by atoms with Crippen molar-refractivity contribution >= 4 is 0 Å². The Balaban J connectivity index is 3.63. The van der Waals surface area contributed by atoms with Crippen LogP contribution in [0.2, 0.25) is 0 Å². The van der Waals surface area contributed by atoms with Crippen LogP contribution in [-0.4, -0.2) is 6.61 Å². The van der Waals surface area contributed by atoms with Gasteiger partial charge in [-0.3, -0.25) is 0 Å². The minimum atomic E-state index is 0.651. The molecule has 0 N–H and O–H groups in total. The fourth-order valence-electron chi connectivity index (χ4n) is 0.554. The summed E-state index contributed by atoms with van der Waals surface area (Å²) in [5.74, 6) is 0.900. The summed E-state index contributed by atoms with van der Waals surface area (Å²) in [6, 6.07) is 0. The first-order valence-corrected chi connectivity index (χ1v) is 3.72. The van der Waals surface area contributed by atoms with Gasteiger partial charge in [0.05, 0.1) is 5.76 Å². The van der Waals surface area contributed by atoms with Gasteiger partial charge in [0.25, 0.3) is 0 Å². The highest BCUT2D eigenvalue weighted by molar-refractivity contribution is 5.02. The Morgan fingerprint density at radius 2 is 2.00 bits per heavy atom.